The standard InChI is InChI=1S/C32H29N5O5.C3H8/c33-21-5-11-27-29(19-21)42-30-20-22(34)6-12-28(30)32(27)26-4-2-1-3-25(26)31(39)37(32)36-14-13-35-23-7-9-24(10-8-23)41-18-17-40-16-15-38;1-3-2/h1-14,19-20,38H,15-18,33-34H2;3H2,1-2H3/b35-13?,36-14+;. The van der Waals surface area contributed by atoms with Gasteiger partial charge in [0.1, 0.15) is 29.4 Å². The van der Waals surface area contributed by atoms with Crippen LogP contribution in [0.1, 0.15) is 47.3 Å². The van der Waals surface area contributed by atoms with Crippen molar-refractivity contribution in [3.63, 3.8) is 0 Å². The minimum atomic E-state index is -1.11. The maximum absolute atomic E-state index is 13.9. The number of nitrogens with zero attached hydrogens (tertiary/aromatic N) is 3. The quantitative estimate of drug-likeness (QED) is 0.122. The first kappa shape index (κ1) is 31.2. The molecule has 10 nitrogen and oxygen atoms in total. The third kappa shape index (κ3) is 6.24. The fraction of sp³-hybridized carbons (Fsp3) is 0.229. The van der Waals surface area contributed by atoms with Gasteiger partial charge in [-0.3, -0.25) is 9.79 Å². The van der Waals surface area contributed by atoms with Gasteiger partial charge in [-0.05, 0) is 42.5 Å². The highest BCUT2D eigenvalue weighted by Gasteiger charge is 2.57. The van der Waals surface area contributed by atoms with Crippen molar-refractivity contribution in [1.29, 1.82) is 0 Å². The van der Waals surface area contributed by atoms with Crippen LogP contribution in [0.2, 0.25) is 0 Å². The van der Waals surface area contributed by atoms with Crippen molar-refractivity contribution in [2.45, 2.75) is 25.8 Å². The monoisotopic (exact) mass is 607 g/mol. The van der Waals surface area contributed by atoms with Crippen molar-refractivity contribution < 1.29 is 24.1 Å². The van der Waals surface area contributed by atoms with Crippen molar-refractivity contribution >= 4 is 35.4 Å². The molecule has 0 fully saturated rings. The van der Waals surface area contributed by atoms with Gasteiger partial charge in [-0.2, -0.15) is 5.10 Å². The molecule has 4 aromatic rings. The van der Waals surface area contributed by atoms with Crippen LogP contribution in [0.3, 0.4) is 0 Å². The summed E-state index contributed by atoms with van der Waals surface area (Å²) in [6.45, 7) is 5.28. The highest BCUT2D eigenvalue weighted by atomic mass is 16.5. The molecule has 0 aliphatic carbocycles. The molecule has 1 amide bonds. The fourth-order valence-corrected chi connectivity index (χ4v) is 5.36. The average Bonchev–Trinajstić information content (AvgIpc) is 3.28. The third-order valence-corrected chi connectivity index (χ3v) is 7.11. The summed E-state index contributed by atoms with van der Waals surface area (Å²) in [7, 11) is 0. The maximum atomic E-state index is 13.9. The summed E-state index contributed by atoms with van der Waals surface area (Å²) in [5, 5.41) is 14.9. The van der Waals surface area contributed by atoms with Gasteiger partial charge in [-0.1, -0.05) is 50.6 Å². The first-order valence-electron chi connectivity index (χ1n) is 14.8. The van der Waals surface area contributed by atoms with E-state index in [9.17, 15) is 4.79 Å². The van der Waals surface area contributed by atoms with E-state index in [-0.39, 0.29) is 19.1 Å². The largest absolute Gasteiger partial charge is 0.491 e. The summed E-state index contributed by atoms with van der Waals surface area (Å²) >= 11 is 0. The molecule has 0 aromatic heterocycles. The molecular formula is C35H37N5O5. The molecule has 0 saturated heterocycles. The van der Waals surface area contributed by atoms with Gasteiger partial charge in [0, 0.05) is 52.0 Å². The molecule has 2 aliphatic rings. The number of aliphatic hydroxyl groups is 1. The number of nitrogen functional groups attached to an aromatic ring is 2. The van der Waals surface area contributed by atoms with E-state index in [0.717, 1.165) is 16.7 Å². The van der Waals surface area contributed by atoms with E-state index in [1.807, 2.05) is 42.5 Å². The number of hydrazone groups is 1. The van der Waals surface area contributed by atoms with Crippen molar-refractivity contribution in [2.75, 3.05) is 37.9 Å². The molecule has 1 spiro atoms. The van der Waals surface area contributed by atoms with Crippen LogP contribution in [0.4, 0.5) is 17.1 Å². The first-order valence-corrected chi connectivity index (χ1v) is 14.8. The van der Waals surface area contributed by atoms with Crippen LogP contribution < -0.4 is 20.9 Å². The van der Waals surface area contributed by atoms with Gasteiger partial charge < -0.3 is 30.8 Å². The Morgan fingerprint density at radius 2 is 1.49 bits per heavy atom. The summed E-state index contributed by atoms with van der Waals surface area (Å²) < 4.78 is 17.1. The van der Waals surface area contributed by atoms with E-state index in [1.165, 1.54) is 23.9 Å². The lowest BCUT2D eigenvalue weighted by atomic mass is 9.75. The summed E-state index contributed by atoms with van der Waals surface area (Å²) in [5.41, 5.74) is 15.7. The predicted octanol–water partition coefficient (Wildman–Crippen LogP) is 5.90. The molecule has 10 heteroatoms. The predicted molar refractivity (Wildman–Crippen MR) is 177 cm³/mol. The number of carbonyl (C=O) groups is 1. The van der Waals surface area contributed by atoms with E-state index in [1.54, 1.807) is 42.5 Å². The second-order valence-corrected chi connectivity index (χ2v) is 10.4. The maximum Gasteiger partial charge on any atom is 0.275 e. The minimum absolute atomic E-state index is 0.0188. The number of amides is 1. The average molecular weight is 608 g/mol. The SMILES string of the molecule is CCC.Nc1ccc2c(c1)Oc1cc(N)ccc1C21c2ccccc2C(=O)N1/N=C/C=Nc1ccc(OCCOCCO)cc1. The number of aliphatic hydroxyl groups excluding tert-OH is 1. The van der Waals surface area contributed by atoms with E-state index in [2.05, 4.69) is 23.9 Å². The molecule has 4 aromatic carbocycles. The molecule has 0 unspecified atom stereocenters. The lowest BCUT2D eigenvalue weighted by Gasteiger charge is -2.41. The molecule has 2 aliphatic heterocycles. The number of nitrogens with two attached hydrogens (primary N) is 2. The Labute approximate surface area is 262 Å². The van der Waals surface area contributed by atoms with Crippen LogP contribution >= 0.6 is 0 Å². The highest BCUT2D eigenvalue weighted by molar-refractivity contribution is 6.17. The zero-order valence-corrected chi connectivity index (χ0v) is 25.3. The Hall–Kier alpha value is -5.19. The molecule has 6 rings (SSSR count). The van der Waals surface area contributed by atoms with Gasteiger partial charge in [0.2, 0.25) is 0 Å². The van der Waals surface area contributed by atoms with Crippen LogP contribution in [-0.4, -0.2) is 54.9 Å². The number of rotatable bonds is 9. The molecular weight excluding hydrogens is 570 g/mol. The summed E-state index contributed by atoms with van der Waals surface area (Å²) in [5.74, 6) is 1.46. The smallest absolute Gasteiger partial charge is 0.275 e. The minimum Gasteiger partial charge on any atom is -0.491 e. The van der Waals surface area contributed by atoms with Gasteiger partial charge in [0.15, 0.2) is 0 Å². The van der Waals surface area contributed by atoms with E-state index in [0.29, 0.717) is 53.1 Å². The number of carbonyl (C=O) groups excluding carboxylic acids is 1. The summed E-state index contributed by atoms with van der Waals surface area (Å²) in [6.07, 6.45) is 4.29. The highest BCUT2D eigenvalue weighted by Crippen LogP contribution is 2.57. The molecule has 5 N–H and O–H groups in total. The third-order valence-electron chi connectivity index (χ3n) is 7.11. The van der Waals surface area contributed by atoms with E-state index >= 15 is 0 Å². The Kier molecular flexibility index (Phi) is 9.76. The number of fused-ring (bicyclic) bond motifs is 6. The Morgan fingerprint density at radius 1 is 0.844 bits per heavy atom. The molecule has 0 bridgehead atoms. The summed E-state index contributed by atoms with van der Waals surface area (Å²) in [6, 6.07) is 25.5. The molecule has 0 atom stereocenters. The molecule has 45 heavy (non-hydrogen) atoms. The van der Waals surface area contributed by atoms with Gasteiger partial charge in [0.25, 0.3) is 5.91 Å². The first-order chi connectivity index (χ1) is 21.9. The van der Waals surface area contributed by atoms with E-state index in [4.69, 9.17) is 30.8 Å². The van der Waals surface area contributed by atoms with Gasteiger partial charge >= 0.3 is 0 Å². The Balaban J connectivity index is 0.00000128. The summed E-state index contributed by atoms with van der Waals surface area (Å²) in [4.78, 5) is 18.4. The number of hydrogen-bond acceptors (Lipinski definition) is 9. The Bertz CT molecular complexity index is 1650. The lowest BCUT2D eigenvalue weighted by molar-refractivity contribution is 0.0675. The number of aliphatic imine (C=N–C) groups is 1. The molecule has 0 radical (unpaired) electrons. The van der Waals surface area contributed by atoms with Crippen LogP contribution in [0.5, 0.6) is 17.2 Å². The van der Waals surface area contributed by atoms with Crippen molar-refractivity contribution in [3.8, 4) is 17.2 Å². The van der Waals surface area contributed by atoms with Crippen LogP contribution in [-0.2, 0) is 10.3 Å². The van der Waals surface area contributed by atoms with Gasteiger partial charge in [-0.25, -0.2) is 5.01 Å². The lowest BCUT2D eigenvalue weighted by Crippen LogP contribution is -2.44. The Morgan fingerprint density at radius 3 is 2.13 bits per heavy atom. The zero-order valence-electron chi connectivity index (χ0n) is 25.3. The topological polar surface area (TPSA) is 145 Å². The second kappa shape index (κ2) is 14.1. The van der Waals surface area contributed by atoms with Crippen molar-refractivity contribution in [3.05, 3.63) is 107 Å². The van der Waals surface area contributed by atoms with Crippen LogP contribution in [0.15, 0.2) is 95.0 Å². The number of anilines is 2. The number of ether oxygens (including phenoxy) is 3. The van der Waals surface area contributed by atoms with Crippen molar-refractivity contribution in [1.82, 2.24) is 5.01 Å². The normalized spacial score (nSPS) is 14.1. The van der Waals surface area contributed by atoms with Gasteiger partial charge in [0.05, 0.1) is 31.7 Å². The second-order valence-electron chi connectivity index (χ2n) is 10.4. The van der Waals surface area contributed by atoms with E-state index < -0.39 is 5.54 Å². The van der Waals surface area contributed by atoms with Crippen molar-refractivity contribution in [2.24, 2.45) is 10.1 Å². The number of hydrogen-bond donors (Lipinski definition) is 3. The van der Waals surface area contributed by atoms with Crippen LogP contribution in [0.25, 0.3) is 0 Å². The van der Waals surface area contributed by atoms with Crippen LogP contribution in [0, 0.1) is 0 Å². The fourth-order valence-electron chi connectivity index (χ4n) is 5.36. The number of benzene rings is 4. The molecule has 2 heterocycles. The van der Waals surface area contributed by atoms with Gasteiger partial charge in [-0.15, -0.1) is 0 Å². The molecule has 0 saturated carbocycles. The molecule has 232 valence electrons. The zero-order chi connectivity index (χ0) is 31.8.